The molecule has 6 nitrogen and oxygen atoms in total. The first-order valence-electron chi connectivity index (χ1n) is 10.2. The summed E-state index contributed by atoms with van der Waals surface area (Å²) in [7, 11) is 0. The molecule has 0 atom stereocenters. The quantitative estimate of drug-likeness (QED) is 0.492. The maximum atomic E-state index is 14.4. The monoisotopic (exact) mass is 448 g/mol. The number of ether oxygens (including phenoxy) is 2. The number of amides is 1. The SMILES string of the molecule is O=C(c1ccccc1F)N(Cc1ccc(F)cc1)Cc1cc2cc3c(cc2[nH]c1=O)OCO3. The second-order valence-corrected chi connectivity index (χ2v) is 7.68. The predicted octanol–water partition coefficient (Wildman–Crippen LogP) is 4.38. The van der Waals surface area contributed by atoms with Crippen LogP contribution in [0.5, 0.6) is 11.5 Å². The van der Waals surface area contributed by atoms with Crippen LogP contribution in [0.25, 0.3) is 10.9 Å². The summed E-state index contributed by atoms with van der Waals surface area (Å²) < 4.78 is 38.5. The second-order valence-electron chi connectivity index (χ2n) is 7.68. The molecule has 3 aromatic carbocycles. The molecule has 1 aliphatic heterocycles. The first kappa shape index (κ1) is 20.7. The third-order valence-corrected chi connectivity index (χ3v) is 5.45. The van der Waals surface area contributed by atoms with Crippen molar-refractivity contribution in [3.8, 4) is 11.5 Å². The number of fused-ring (bicyclic) bond motifs is 2. The van der Waals surface area contributed by atoms with Crippen molar-refractivity contribution >= 4 is 16.8 Å². The number of carbonyl (C=O) groups is 1. The van der Waals surface area contributed by atoms with Crippen molar-refractivity contribution in [1.29, 1.82) is 0 Å². The van der Waals surface area contributed by atoms with Gasteiger partial charge in [-0.15, -0.1) is 0 Å². The molecule has 0 spiro atoms. The smallest absolute Gasteiger partial charge is 0.257 e. The number of hydrogen-bond donors (Lipinski definition) is 1. The molecule has 5 rings (SSSR count). The molecule has 166 valence electrons. The molecule has 33 heavy (non-hydrogen) atoms. The van der Waals surface area contributed by atoms with E-state index in [1.807, 2.05) is 0 Å². The Morgan fingerprint density at radius 1 is 0.939 bits per heavy atom. The van der Waals surface area contributed by atoms with E-state index in [-0.39, 0.29) is 31.0 Å². The Balaban J connectivity index is 1.52. The van der Waals surface area contributed by atoms with E-state index in [1.165, 1.54) is 35.2 Å². The Morgan fingerprint density at radius 2 is 1.67 bits per heavy atom. The molecular weight excluding hydrogens is 430 g/mol. The fraction of sp³-hybridized carbons (Fsp3) is 0.120. The first-order chi connectivity index (χ1) is 16.0. The highest BCUT2D eigenvalue weighted by molar-refractivity contribution is 5.94. The van der Waals surface area contributed by atoms with Gasteiger partial charge < -0.3 is 19.4 Å². The van der Waals surface area contributed by atoms with Crippen LogP contribution in [0.15, 0.2) is 71.5 Å². The second kappa shape index (κ2) is 8.38. The van der Waals surface area contributed by atoms with Gasteiger partial charge in [0.25, 0.3) is 11.5 Å². The summed E-state index contributed by atoms with van der Waals surface area (Å²) in [6.45, 7) is 0.0850. The van der Waals surface area contributed by atoms with Gasteiger partial charge in [0, 0.05) is 23.6 Å². The highest BCUT2D eigenvalue weighted by Gasteiger charge is 2.22. The number of carbonyl (C=O) groups excluding carboxylic acids is 1. The summed E-state index contributed by atoms with van der Waals surface area (Å²) in [5.41, 5.74) is 1.03. The van der Waals surface area contributed by atoms with Gasteiger partial charge >= 0.3 is 0 Å². The van der Waals surface area contributed by atoms with Gasteiger partial charge in [-0.25, -0.2) is 8.78 Å². The highest BCUT2D eigenvalue weighted by Crippen LogP contribution is 2.35. The lowest BCUT2D eigenvalue weighted by Crippen LogP contribution is -2.33. The average Bonchev–Trinajstić information content (AvgIpc) is 3.26. The Bertz CT molecular complexity index is 1420. The Kier molecular flexibility index (Phi) is 5.26. The normalized spacial score (nSPS) is 12.2. The lowest BCUT2D eigenvalue weighted by molar-refractivity contribution is 0.0724. The van der Waals surface area contributed by atoms with Crippen molar-refractivity contribution in [2.24, 2.45) is 0 Å². The Morgan fingerprint density at radius 3 is 2.42 bits per heavy atom. The van der Waals surface area contributed by atoms with E-state index in [9.17, 15) is 18.4 Å². The molecule has 4 aromatic rings. The fourth-order valence-electron chi connectivity index (χ4n) is 3.78. The summed E-state index contributed by atoms with van der Waals surface area (Å²) in [5, 5.41) is 0.703. The number of nitrogens with zero attached hydrogens (tertiary/aromatic N) is 1. The molecular formula is C25H18F2N2O4. The Hall–Kier alpha value is -4.20. The van der Waals surface area contributed by atoms with Crippen molar-refractivity contribution in [1.82, 2.24) is 9.88 Å². The summed E-state index contributed by atoms with van der Waals surface area (Å²) in [4.78, 5) is 30.2. The van der Waals surface area contributed by atoms with Crippen LogP contribution in [0, 0.1) is 11.6 Å². The zero-order valence-electron chi connectivity index (χ0n) is 17.3. The van der Waals surface area contributed by atoms with E-state index in [4.69, 9.17) is 9.47 Å². The summed E-state index contributed by atoms with van der Waals surface area (Å²) in [6, 6.07) is 16.4. The topological polar surface area (TPSA) is 71.6 Å². The molecule has 0 fully saturated rings. The van der Waals surface area contributed by atoms with Gasteiger partial charge in [-0.3, -0.25) is 9.59 Å². The molecule has 1 aromatic heterocycles. The van der Waals surface area contributed by atoms with Gasteiger partial charge in [0.2, 0.25) is 6.79 Å². The zero-order chi connectivity index (χ0) is 22.9. The molecule has 1 aliphatic rings. The number of nitrogens with one attached hydrogen (secondary N) is 1. The molecule has 0 saturated carbocycles. The minimum Gasteiger partial charge on any atom is -0.454 e. The van der Waals surface area contributed by atoms with Crippen LogP contribution in [0.1, 0.15) is 21.5 Å². The van der Waals surface area contributed by atoms with Crippen LogP contribution in [0.3, 0.4) is 0 Å². The van der Waals surface area contributed by atoms with Crippen LogP contribution >= 0.6 is 0 Å². The van der Waals surface area contributed by atoms with Crippen molar-refractivity contribution < 1.29 is 23.0 Å². The van der Waals surface area contributed by atoms with Gasteiger partial charge in [0.1, 0.15) is 11.6 Å². The number of aromatic amines is 1. The Labute approximate surface area is 187 Å². The van der Waals surface area contributed by atoms with E-state index in [1.54, 1.807) is 36.4 Å². The van der Waals surface area contributed by atoms with E-state index in [0.717, 1.165) is 0 Å². The van der Waals surface area contributed by atoms with Crippen LogP contribution in [0.2, 0.25) is 0 Å². The number of benzene rings is 3. The first-order valence-corrected chi connectivity index (χ1v) is 10.2. The van der Waals surface area contributed by atoms with Crippen molar-refractivity contribution in [2.45, 2.75) is 13.1 Å². The molecule has 0 unspecified atom stereocenters. The molecule has 0 radical (unpaired) electrons. The molecule has 0 saturated heterocycles. The third-order valence-electron chi connectivity index (χ3n) is 5.45. The molecule has 8 heteroatoms. The van der Waals surface area contributed by atoms with E-state index >= 15 is 0 Å². The molecule has 1 amide bonds. The van der Waals surface area contributed by atoms with Gasteiger partial charge in [-0.1, -0.05) is 24.3 Å². The van der Waals surface area contributed by atoms with Crippen LogP contribution in [0.4, 0.5) is 8.78 Å². The molecule has 1 N–H and O–H groups in total. The number of aromatic nitrogens is 1. The van der Waals surface area contributed by atoms with Gasteiger partial charge in [0.05, 0.1) is 17.6 Å². The van der Waals surface area contributed by atoms with Crippen LogP contribution in [-0.4, -0.2) is 22.6 Å². The van der Waals surface area contributed by atoms with Crippen molar-refractivity contribution in [3.05, 3.63) is 105 Å². The molecule has 0 bridgehead atoms. The maximum Gasteiger partial charge on any atom is 0.257 e. The van der Waals surface area contributed by atoms with E-state index in [0.29, 0.717) is 33.5 Å². The molecule has 2 heterocycles. The third kappa shape index (κ3) is 4.15. The number of H-pyrrole nitrogens is 1. The largest absolute Gasteiger partial charge is 0.454 e. The van der Waals surface area contributed by atoms with Gasteiger partial charge in [-0.05, 0) is 42.0 Å². The van der Waals surface area contributed by atoms with Crippen molar-refractivity contribution in [2.75, 3.05) is 6.79 Å². The lowest BCUT2D eigenvalue weighted by Gasteiger charge is -2.23. The number of hydrogen-bond acceptors (Lipinski definition) is 4. The zero-order valence-corrected chi connectivity index (χ0v) is 17.3. The summed E-state index contributed by atoms with van der Waals surface area (Å²) in [5.74, 6) is -0.547. The van der Waals surface area contributed by atoms with Crippen LogP contribution < -0.4 is 15.0 Å². The minimum absolute atomic E-state index is 0.0616. The summed E-state index contributed by atoms with van der Waals surface area (Å²) >= 11 is 0. The van der Waals surface area contributed by atoms with Gasteiger partial charge in [-0.2, -0.15) is 0 Å². The van der Waals surface area contributed by atoms with Gasteiger partial charge in [0.15, 0.2) is 11.5 Å². The van der Waals surface area contributed by atoms with Crippen LogP contribution in [-0.2, 0) is 13.1 Å². The molecule has 0 aliphatic carbocycles. The average molecular weight is 448 g/mol. The fourth-order valence-corrected chi connectivity index (χ4v) is 3.78. The number of halogens is 2. The standard InChI is InChI=1S/C25H18F2N2O4/c26-18-7-5-15(6-8-18)12-29(25(31)19-3-1-2-4-20(19)27)13-17-9-16-10-22-23(33-14-32-22)11-21(16)28-24(17)30/h1-11H,12-14H2,(H,28,30). The minimum atomic E-state index is -0.660. The number of pyridine rings is 1. The summed E-state index contributed by atoms with van der Waals surface area (Å²) in [6.07, 6.45) is 0. The predicted molar refractivity (Wildman–Crippen MR) is 117 cm³/mol. The number of rotatable bonds is 5. The van der Waals surface area contributed by atoms with E-state index < -0.39 is 17.5 Å². The van der Waals surface area contributed by atoms with Crippen molar-refractivity contribution in [3.63, 3.8) is 0 Å². The lowest BCUT2D eigenvalue weighted by atomic mass is 10.1. The maximum absolute atomic E-state index is 14.4. The highest BCUT2D eigenvalue weighted by atomic mass is 19.1. The van der Waals surface area contributed by atoms with E-state index in [2.05, 4.69) is 4.98 Å².